The van der Waals surface area contributed by atoms with Crippen LogP contribution in [0.2, 0.25) is 0 Å². The number of aromatic nitrogens is 2. The minimum absolute atomic E-state index is 0.219. The lowest BCUT2D eigenvalue weighted by Crippen LogP contribution is -2.00. The molecule has 1 N–H and O–H groups in total. The summed E-state index contributed by atoms with van der Waals surface area (Å²) in [6, 6.07) is 11.4. The second-order valence-electron chi connectivity index (χ2n) is 4.76. The van der Waals surface area contributed by atoms with Gasteiger partial charge in [0.15, 0.2) is 4.77 Å². The molecule has 2 nitrogen and oxygen atoms in total. The first kappa shape index (κ1) is 13.5. The summed E-state index contributed by atoms with van der Waals surface area (Å²) in [4.78, 5) is 3.06. The Morgan fingerprint density at radius 2 is 2.10 bits per heavy atom. The van der Waals surface area contributed by atoms with Crippen molar-refractivity contribution in [2.45, 2.75) is 13.5 Å². The number of rotatable bonds is 2. The Hall–Kier alpha value is -1.46. The molecule has 1 aromatic heterocycles. The molecule has 0 atom stereocenters. The average molecular weight is 351 g/mol. The van der Waals surface area contributed by atoms with Crippen LogP contribution in [0.4, 0.5) is 4.39 Å². The largest absolute Gasteiger partial charge is 0.330 e. The van der Waals surface area contributed by atoms with Gasteiger partial charge in [-0.05, 0) is 54.5 Å². The first-order valence-electron chi connectivity index (χ1n) is 6.18. The minimum atomic E-state index is -0.219. The van der Waals surface area contributed by atoms with E-state index in [1.165, 1.54) is 6.07 Å². The highest BCUT2D eigenvalue weighted by Crippen LogP contribution is 2.21. The molecule has 2 aromatic carbocycles. The van der Waals surface area contributed by atoms with Crippen LogP contribution in [-0.2, 0) is 6.54 Å². The molecule has 20 heavy (non-hydrogen) atoms. The molecule has 5 heteroatoms. The van der Waals surface area contributed by atoms with Crippen LogP contribution < -0.4 is 0 Å². The van der Waals surface area contributed by atoms with Gasteiger partial charge in [0.2, 0.25) is 0 Å². The Bertz CT molecular complexity index is 851. The Morgan fingerprint density at radius 3 is 2.85 bits per heavy atom. The smallest absolute Gasteiger partial charge is 0.178 e. The molecule has 0 fully saturated rings. The number of aryl methyl sites for hydroxylation is 1. The van der Waals surface area contributed by atoms with Gasteiger partial charge in [0.05, 0.1) is 17.6 Å². The SMILES string of the molecule is Cc1cc2c(cc1F)[nH]c(=S)n2Cc1cccc(Br)c1. The van der Waals surface area contributed by atoms with Gasteiger partial charge in [-0.15, -0.1) is 0 Å². The van der Waals surface area contributed by atoms with Gasteiger partial charge >= 0.3 is 0 Å². The van der Waals surface area contributed by atoms with Gasteiger partial charge < -0.3 is 9.55 Å². The fourth-order valence-corrected chi connectivity index (χ4v) is 2.98. The van der Waals surface area contributed by atoms with Crippen LogP contribution in [0.25, 0.3) is 11.0 Å². The van der Waals surface area contributed by atoms with E-state index in [-0.39, 0.29) is 5.82 Å². The molecule has 3 rings (SSSR count). The molecule has 0 bridgehead atoms. The van der Waals surface area contributed by atoms with E-state index in [4.69, 9.17) is 12.2 Å². The Balaban J connectivity index is 2.14. The van der Waals surface area contributed by atoms with Crippen molar-refractivity contribution in [3.8, 4) is 0 Å². The molecule has 102 valence electrons. The van der Waals surface area contributed by atoms with Crippen molar-refractivity contribution in [3.05, 3.63) is 62.6 Å². The van der Waals surface area contributed by atoms with Gasteiger partial charge in [0.25, 0.3) is 0 Å². The van der Waals surface area contributed by atoms with Gasteiger partial charge in [-0.2, -0.15) is 0 Å². The lowest BCUT2D eigenvalue weighted by atomic mass is 10.2. The van der Waals surface area contributed by atoms with Crippen LogP contribution in [-0.4, -0.2) is 9.55 Å². The van der Waals surface area contributed by atoms with E-state index in [1.807, 2.05) is 28.8 Å². The van der Waals surface area contributed by atoms with Gasteiger partial charge in [-0.3, -0.25) is 0 Å². The van der Waals surface area contributed by atoms with Crippen molar-refractivity contribution in [2.75, 3.05) is 0 Å². The molecule has 0 amide bonds. The molecule has 0 saturated carbocycles. The summed E-state index contributed by atoms with van der Waals surface area (Å²) in [5.41, 5.74) is 3.41. The molecule has 0 spiro atoms. The molecule has 0 aliphatic rings. The number of nitrogens with one attached hydrogen (secondary N) is 1. The predicted octanol–water partition coefficient (Wildman–Crippen LogP) is 4.96. The molecule has 1 heterocycles. The van der Waals surface area contributed by atoms with E-state index in [1.54, 1.807) is 6.92 Å². The lowest BCUT2D eigenvalue weighted by Gasteiger charge is -2.06. The number of aromatic amines is 1. The van der Waals surface area contributed by atoms with Crippen molar-refractivity contribution in [2.24, 2.45) is 0 Å². The average Bonchev–Trinajstić information content (AvgIpc) is 2.67. The molecule has 0 aliphatic heterocycles. The normalized spacial score (nSPS) is 11.2. The van der Waals surface area contributed by atoms with Gasteiger partial charge in [0, 0.05) is 4.47 Å². The number of imidazole rings is 1. The quantitative estimate of drug-likeness (QED) is 0.648. The van der Waals surface area contributed by atoms with E-state index in [2.05, 4.69) is 27.0 Å². The summed E-state index contributed by atoms with van der Waals surface area (Å²) in [7, 11) is 0. The monoisotopic (exact) mass is 350 g/mol. The highest BCUT2D eigenvalue weighted by molar-refractivity contribution is 9.10. The van der Waals surface area contributed by atoms with E-state index < -0.39 is 0 Å². The van der Waals surface area contributed by atoms with Crippen LogP contribution in [0.15, 0.2) is 40.9 Å². The minimum Gasteiger partial charge on any atom is -0.330 e. The van der Waals surface area contributed by atoms with Gasteiger partial charge in [0.1, 0.15) is 5.82 Å². The summed E-state index contributed by atoms with van der Waals surface area (Å²) in [6.45, 7) is 2.41. The third-order valence-corrected chi connectivity index (χ3v) is 4.10. The van der Waals surface area contributed by atoms with E-state index in [0.717, 1.165) is 21.1 Å². The summed E-state index contributed by atoms with van der Waals surface area (Å²) < 4.78 is 17.2. The second-order valence-corrected chi connectivity index (χ2v) is 6.07. The molecule has 0 aliphatic carbocycles. The van der Waals surface area contributed by atoms with Crippen LogP contribution in [0.3, 0.4) is 0 Å². The summed E-state index contributed by atoms with van der Waals surface area (Å²) in [5.74, 6) is -0.219. The Morgan fingerprint density at radius 1 is 1.30 bits per heavy atom. The second kappa shape index (κ2) is 5.14. The maximum Gasteiger partial charge on any atom is 0.178 e. The van der Waals surface area contributed by atoms with Crippen molar-refractivity contribution in [3.63, 3.8) is 0 Å². The maximum absolute atomic E-state index is 13.6. The molecular formula is C15H12BrFN2S. The lowest BCUT2D eigenvalue weighted by molar-refractivity contribution is 0.620. The van der Waals surface area contributed by atoms with E-state index in [9.17, 15) is 4.39 Å². The molecule has 0 radical (unpaired) electrons. The first-order chi connectivity index (χ1) is 9.54. The number of fused-ring (bicyclic) bond motifs is 1. The summed E-state index contributed by atoms with van der Waals surface area (Å²) >= 11 is 8.81. The van der Waals surface area contributed by atoms with E-state index in [0.29, 0.717) is 16.9 Å². The summed E-state index contributed by atoms with van der Waals surface area (Å²) in [5, 5.41) is 0. The number of hydrogen-bond acceptors (Lipinski definition) is 1. The number of H-pyrrole nitrogens is 1. The summed E-state index contributed by atoms with van der Waals surface area (Å²) in [6.07, 6.45) is 0. The predicted molar refractivity (Wildman–Crippen MR) is 85.1 cm³/mol. The highest BCUT2D eigenvalue weighted by Gasteiger charge is 2.08. The zero-order valence-corrected chi connectivity index (χ0v) is 13.2. The topological polar surface area (TPSA) is 20.7 Å². The molecule has 3 aromatic rings. The fraction of sp³-hybridized carbons (Fsp3) is 0.133. The van der Waals surface area contributed by atoms with Crippen molar-refractivity contribution in [1.82, 2.24) is 9.55 Å². The zero-order chi connectivity index (χ0) is 14.3. The number of hydrogen-bond donors (Lipinski definition) is 1. The van der Waals surface area contributed by atoms with Crippen molar-refractivity contribution < 1.29 is 4.39 Å². The Kier molecular flexibility index (Phi) is 3.48. The van der Waals surface area contributed by atoms with Crippen LogP contribution >= 0.6 is 28.1 Å². The molecule has 0 saturated heterocycles. The maximum atomic E-state index is 13.6. The van der Waals surface area contributed by atoms with Crippen LogP contribution in [0, 0.1) is 17.5 Å². The highest BCUT2D eigenvalue weighted by atomic mass is 79.9. The van der Waals surface area contributed by atoms with Gasteiger partial charge in [-0.25, -0.2) is 4.39 Å². The zero-order valence-electron chi connectivity index (χ0n) is 10.8. The standard InChI is InChI=1S/C15H12BrFN2S/c1-9-5-14-13(7-12(9)17)18-15(20)19(14)8-10-3-2-4-11(16)6-10/h2-7H,8H2,1H3,(H,18,20). The van der Waals surface area contributed by atoms with Crippen LogP contribution in [0.1, 0.15) is 11.1 Å². The van der Waals surface area contributed by atoms with Crippen molar-refractivity contribution >= 4 is 39.2 Å². The first-order valence-corrected chi connectivity index (χ1v) is 7.38. The third kappa shape index (κ3) is 2.43. The Labute approximate surface area is 129 Å². The van der Waals surface area contributed by atoms with Crippen molar-refractivity contribution in [1.29, 1.82) is 0 Å². The van der Waals surface area contributed by atoms with Crippen LogP contribution in [0.5, 0.6) is 0 Å². The number of nitrogens with zero attached hydrogens (tertiary/aromatic N) is 1. The number of halogens is 2. The molecular weight excluding hydrogens is 339 g/mol. The fourth-order valence-electron chi connectivity index (χ4n) is 2.26. The van der Waals surface area contributed by atoms with Gasteiger partial charge in [-0.1, -0.05) is 28.1 Å². The third-order valence-electron chi connectivity index (χ3n) is 3.28. The van der Waals surface area contributed by atoms with E-state index >= 15 is 0 Å². The number of benzene rings is 2. The molecule has 0 unspecified atom stereocenters.